The zero-order valence-corrected chi connectivity index (χ0v) is 12.1. The van der Waals surface area contributed by atoms with Gasteiger partial charge in [-0.3, -0.25) is 4.79 Å². The Kier molecular flexibility index (Phi) is 4.76. The second kappa shape index (κ2) is 6.54. The zero-order valence-electron chi connectivity index (χ0n) is 11.3. The van der Waals surface area contributed by atoms with E-state index in [-0.39, 0.29) is 11.7 Å². The third-order valence-electron chi connectivity index (χ3n) is 3.09. The fraction of sp³-hybridized carbons (Fsp3) is 0.267. The minimum atomic E-state index is -0.567. The lowest BCUT2D eigenvalue weighted by Crippen LogP contribution is -2.42. The maximum absolute atomic E-state index is 12.2. The fourth-order valence-electron chi connectivity index (χ4n) is 1.99. The van der Waals surface area contributed by atoms with Crippen LogP contribution in [0.4, 0.5) is 0 Å². The summed E-state index contributed by atoms with van der Waals surface area (Å²) in [4.78, 5) is 13.8. The number of hydrogen-bond acceptors (Lipinski definition) is 4. The summed E-state index contributed by atoms with van der Waals surface area (Å²) in [6.45, 7) is 0.575. The lowest BCUT2D eigenvalue weighted by Gasteiger charge is -2.21. The highest BCUT2D eigenvalue weighted by molar-refractivity contribution is 7.07. The van der Waals surface area contributed by atoms with Crippen LogP contribution in [0.2, 0.25) is 0 Å². The molecule has 1 heterocycles. The molecule has 3 N–H and O–H groups in total. The Hall–Kier alpha value is -1.85. The lowest BCUT2D eigenvalue weighted by atomic mass is 10.1. The number of rotatable bonds is 5. The number of likely N-dealkylation sites (N-methyl/N-ethyl adjacent to an activating group) is 1. The third-order valence-corrected chi connectivity index (χ3v) is 3.82. The van der Waals surface area contributed by atoms with Crippen LogP contribution in [0.15, 0.2) is 41.1 Å². The van der Waals surface area contributed by atoms with E-state index in [9.17, 15) is 9.90 Å². The first-order valence-electron chi connectivity index (χ1n) is 6.36. The van der Waals surface area contributed by atoms with Crippen LogP contribution in [0.3, 0.4) is 0 Å². The molecule has 0 fully saturated rings. The van der Waals surface area contributed by atoms with Gasteiger partial charge in [0.25, 0.3) is 0 Å². The summed E-state index contributed by atoms with van der Waals surface area (Å²) >= 11 is 1.61. The first kappa shape index (κ1) is 14.6. The molecule has 0 saturated heterocycles. The Labute approximate surface area is 122 Å². The molecular weight excluding hydrogens is 272 g/mol. The number of hydrogen-bond donors (Lipinski definition) is 2. The van der Waals surface area contributed by atoms with Gasteiger partial charge in [-0.05, 0) is 46.5 Å². The quantitative estimate of drug-likeness (QED) is 0.885. The zero-order chi connectivity index (χ0) is 14.5. The minimum Gasteiger partial charge on any atom is -0.508 e. The first-order chi connectivity index (χ1) is 9.56. The van der Waals surface area contributed by atoms with Gasteiger partial charge in [0.1, 0.15) is 5.75 Å². The Morgan fingerprint density at radius 1 is 1.30 bits per heavy atom. The van der Waals surface area contributed by atoms with Crippen LogP contribution in [0.1, 0.15) is 11.1 Å². The van der Waals surface area contributed by atoms with Gasteiger partial charge in [-0.25, -0.2) is 0 Å². The molecule has 2 rings (SSSR count). The van der Waals surface area contributed by atoms with Crippen LogP contribution in [-0.4, -0.2) is 29.0 Å². The first-order valence-corrected chi connectivity index (χ1v) is 7.30. The maximum Gasteiger partial charge on any atom is 0.239 e. The smallest absolute Gasteiger partial charge is 0.239 e. The second-order valence-corrected chi connectivity index (χ2v) is 5.58. The summed E-state index contributed by atoms with van der Waals surface area (Å²) in [5.74, 6) is 0.132. The number of amides is 1. The van der Waals surface area contributed by atoms with E-state index < -0.39 is 6.04 Å². The van der Waals surface area contributed by atoms with Gasteiger partial charge < -0.3 is 15.7 Å². The lowest BCUT2D eigenvalue weighted by molar-refractivity contribution is -0.131. The molecule has 0 aliphatic carbocycles. The summed E-state index contributed by atoms with van der Waals surface area (Å²) in [7, 11) is 1.76. The van der Waals surface area contributed by atoms with Crippen LogP contribution in [0.25, 0.3) is 0 Å². The van der Waals surface area contributed by atoms with Crippen LogP contribution < -0.4 is 5.73 Å². The van der Waals surface area contributed by atoms with Crippen LogP contribution in [-0.2, 0) is 17.8 Å². The van der Waals surface area contributed by atoms with Gasteiger partial charge in [0, 0.05) is 13.6 Å². The molecule has 1 atom stereocenters. The van der Waals surface area contributed by atoms with Crippen molar-refractivity contribution in [2.45, 2.75) is 19.0 Å². The highest BCUT2D eigenvalue weighted by Crippen LogP contribution is 2.13. The highest BCUT2D eigenvalue weighted by atomic mass is 32.1. The van der Waals surface area contributed by atoms with E-state index in [4.69, 9.17) is 5.73 Å². The van der Waals surface area contributed by atoms with Crippen molar-refractivity contribution in [3.63, 3.8) is 0 Å². The van der Waals surface area contributed by atoms with E-state index in [1.54, 1.807) is 47.5 Å². The summed E-state index contributed by atoms with van der Waals surface area (Å²) in [5.41, 5.74) is 8.02. The summed E-state index contributed by atoms with van der Waals surface area (Å²) in [5, 5.41) is 13.2. The highest BCUT2D eigenvalue weighted by Gasteiger charge is 2.18. The molecule has 0 unspecified atom stereocenters. The monoisotopic (exact) mass is 290 g/mol. The Morgan fingerprint density at radius 2 is 2.00 bits per heavy atom. The molecular formula is C15H18N2O2S. The molecule has 2 aromatic rings. The van der Waals surface area contributed by atoms with Crippen molar-refractivity contribution in [3.8, 4) is 5.75 Å². The van der Waals surface area contributed by atoms with Crippen molar-refractivity contribution < 1.29 is 9.90 Å². The van der Waals surface area contributed by atoms with Crippen molar-refractivity contribution in [1.29, 1.82) is 0 Å². The Balaban J connectivity index is 1.92. The van der Waals surface area contributed by atoms with E-state index in [1.165, 1.54) is 0 Å². The van der Waals surface area contributed by atoms with Crippen molar-refractivity contribution in [2.24, 2.45) is 5.73 Å². The average molecular weight is 290 g/mol. The van der Waals surface area contributed by atoms with E-state index >= 15 is 0 Å². The average Bonchev–Trinajstić information content (AvgIpc) is 2.93. The molecule has 0 aliphatic heterocycles. The number of nitrogens with zero attached hydrogens (tertiary/aromatic N) is 1. The topological polar surface area (TPSA) is 66.6 Å². The molecule has 1 amide bonds. The molecule has 0 radical (unpaired) electrons. The number of carbonyl (C=O) groups is 1. The predicted octanol–water partition coefficient (Wildman–Crippen LogP) is 1.98. The number of nitrogens with two attached hydrogens (primary N) is 1. The van der Waals surface area contributed by atoms with Crippen LogP contribution >= 0.6 is 11.3 Å². The Morgan fingerprint density at radius 3 is 2.60 bits per heavy atom. The minimum absolute atomic E-state index is 0.0794. The molecule has 106 valence electrons. The Bertz CT molecular complexity index is 552. The van der Waals surface area contributed by atoms with Crippen molar-refractivity contribution >= 4 is 17.2 Å². The number of thiophene rings is 1. The van der Waals surface area contributed by atoms with Gasteiger partial charge in [0.05, 0.1) is 6.04 Å². The molecule has 4 nitrogen and oxygen atoms in total. The number of phenols is 1. The molecule has 1 aromatic carbocycles. The summed E-state index contributed by atoms with van der Waals surface area (Å²) in [6.07, 6.45) is 0.465. The van der Waals surface area contributed by atoms with Crippen molar-refractivity contribution in [1.82, 2.24) is 4.90 Å². The summed E-state index contributed by atoms with van der Waals surface area (Å²) < 4.78 is 0. The van der Waals surface area contributed by atoms with Gasteiger partial charge >= 0.3 is 0 Å². The molecule has 20 heavy (non-hydrogen) atoms. The van der Waals surface area contributed by atoms with Gasteiger partial charge in [0.2, 0.25) is 5.91 Å². The standard InChI is InChI=1S/C15H18N2O2S/c1-17(9-12-6-7-20-10-12)15(19)14(16)8-11-2-4-13(18)5-3-11/h2-7,10,14,18H,8-9,16H2,1H3/t14-/m0/s1. The molecule has 1 aromatic heterocycles. The molecule has 0 spiro atoms. The number of aromatic hydroxyl groups is 1. The van der Waals surface area contributed by atoms with Gasteiger partial charge in [-0.15, -0.1) is 0 Å². The molecule has 0 aliphatic rings. The third kappa shape index (κ3) is 3.82. The molecule has 0 saturated carbocycles. The van der Waals surface area contributed by atoms with Crippen LogP contribution in [0, 0.1) is 0 Å². The normalized spacial score (nSPS) is 12.1. The largest absolute Gasteiger partial charge is 0.508 e. The van der Waals surface area contributed by atoms with E-state index in [1.807, 2.05) is 16.8 Å². The number of benzene rings is 1. The van der Waals surface area contributed by atoms with E-state index in [2.05, 4.69) is 0 Å². The van der Waals surface area contributed by atoms with Gasteiger partial charge in [-0.2, -0.15) is 11.3 Å². The van der Waals surface area contributed by atoms with E-state index in [0.29, 0.717) is 13.0 Å². The van der Waals surface area contributed by atoms with Crippen LogP contribution in [0.5, 0.6) is 5.75 Å². The second-order valence-electron chi connectivity index (χ2n) is 4.80. The SMILES string of the molecule is CN(Cc1ccsc1)C(=O)[C@@H](N)Cc1ccc(O)cc1. The molecule has 0 bridgehead atoms. The number of phenolic OH excluding ortho intramolecular Hbond substituents is 1. The van der Waals surface area contributed by atoms with E-state index in [0.717, 1.165) is 11.1 Å². The van der Waals surface area contributed by atoms with Gasteiger partial charge in [-0.1, -0.05) is 12.1 Å². The maximum atomic E-state index is 12.2. The predicted molar refractivity (Wildman–Crippen MR) is 80.6 cm³/mol. The molecule has 5 heteroatoms. The number of carbonyl (C=O) groups excluding carboxylic acids is 1. The van der Waals surface area contributed by atoms with Gasteiger partial charge in [0.15, 0.2) is 0 Å². The summed E-state index contributed by atoms with van der Waals surface area (Å²) in [6, 6.07) is 8.19. The van der Waals surface area contributed by atoms with Crippen molar-refractivity contribution in [2.75, 3.05) is 7.05 Å². The fourth-order valence-corrected chi connectivity index (χ4v) is 2.65. The van der Waals surface area contributed by atoms with Crippen molar-refractivity contribution in [3.05, 3.63) is 52.2 Å².